The topological polar surface area (TPSA) is 62.4 Å². The summed E-state index contributed by atoms with van der Waals surface area (Å²) >= 11 is 14.0. The number of fused-ring (bicyclic) bond motifs is 1. The van der Waals surface area contributed by atoms with E-state index in [1.165, 1.54) is 0 Å². The molecule has 0 amide bonds. The molecule has 1 aliphatic rings. The van der Waals surface area contributed by atoms with E-state index in [-0.39, 0.29) is 6.04 Å². The van der Waals surface area contributed by atoms with Crippen molar-refractivity contribution < 1.29 is 9.63 Å². The number of benzene rings is 1. The van der Waals surface area contributed by atoms with Crippen LogP contribution in [0.2, 0.25) is 10.0 Å². The lowest BCUT2D eigenvalue weighted by Crippen LogP contribution is -2.30. The van der Waals surface area contributed by atoms with E-state index in [4.69, 9.17) is 27.7 Å². The highest BCUT2D eigenvalue weighted by atomic mass is 35.5. The Kier molecular flexibility index (Phi) is 4.56. The minimum Gasteiger partial charge on any atom is -0.391 e. The molecule has 0 radical (unpaired) electrons. The predicted octanol–water partition coefficient (Wildman–Crippen LogP) is 4.20. The van der Waals surface area contributed by atoms with Crippen LogP contribution in [0.5, 0.6) is 0 Å². The van der Waals surface area contributed by atoms with Crippen LogP contribution in [0.1, 0.15) is 23.1 Å². The maximum Gasteiger partial charge on any atom is 0.241 e. The van der Waals surface area contributed by atoms with E-state index in [2.05, 4.69) is 10.1 Å². The molecular formula is C17H15Cl2N3O2S. The van der Waals surface area contributed by atoms with Gasteiger partial charge in [-0.3, -0.25) is 4.90 Å². The zero-order chi connectivity index (χ0) is 17.6. The molecule has 3 aromatic rings. The number of hydrogen-bond donors (Lipinski definition) is 1. The van der Waals surface area contributed by atoms with Crippen molar-refractivity contribution in [3.63, 3.8) is 0 Å². The number of aromatic nitrogens is 2. The predicted molar refractivity (Wildman–Crippen MR) is 98.0 cm³/mol. The zero-order valence-electron chi connectivity index (χ0n) is 13.3. The number of halogens is 2. The van der Waals surface area contributed by atoms with Crippen molar-refractivity contribution in [1.82, 2.24) is 15.0 Å². The van der Waals surface area contributed by atoms with Gasteiger partial charge in [0.25, 0.3) is 0 Å². The van der Waals surface area contributed by atoms with E-state index in [0.29, 0.717) is 34.7 Å². The van der Waals surface area contributed by atoms with Crippen molar-refractivity contribution in [2.24, 2.45) is 0 Å². The Balaban J connectivity index is 1.57. The largest absolute Gasteiger partial charge is 0.391 e. The van der Waals surface area contributed by atoms with E-state index < -0.39 is 6.10 Å². The minimum absolute atomic E-state index is 0.219. The molecule has 0 saturated heterocycles. The summed E-state index contributed by atoms with van der Waals surface area (Å²) in [7, 11) is 1.91. The first-order valence-electron chi connectivity index (χ1n) is 7.75. The molecule has 130 valence electrons. The average molecular weight is 396 g/mol. The molecule has 4 rings (SSSR count). The fourth-order valence-electron chi connectivity index (χ4n) is 3.30. The molecule has 2 atom stereocenters. The first-order chi connectivity index (χ1) is 12.0. The molecule has 0 unspecified atom stereocenters. The summed E-state index contributed by atoms with van der Waals surface area (Å²) in [5.41, 5.74) is 1.89. The summed E-state index contributed by atoms with van der Waals surface area (Å²) in [6, 6.07) is 7.25. The van der Waals surface area contributed by atoms with Crippen LogP contribution in [0.3, 0.4) is 0 Å². The van der Waals surface area contributed by atoms with Crippen molar-refractivity contribution in [3.8, 4) is 10.7 Å². The molecule has 1 aromatic carbocycles. The number of aliphatic hydroxyl groups is 1. The summed E-state index contributed by atoms with van der Waals surface area (Å²) in [5.74, 6) is 1.08. The SMILES string of the molecule is CN(Cc1nc(-c2cccs2)no1)[C@H]1c2cc(Cl)cc(Cl)c2C[C@@H]1O. The van der Waals surface area contributed by atoms with Gasteiger partial charge < -0.3 is 9.63 Å². The van der Waals surface area contributed by atoms with Crippen molar-refractivity contribution in [2.45, 2.75) is 25.1 Å². The van der Waals surface area contributed by atoms with Crippen LogP contribution in [-0.4, -0.2) is 33.3 Å². The Morgan fingerprint density at radius 3 is 3.00 bits per heavy atom. The summed E-state index contributed by atoms with van der Waals surface area (Å²) in [6.07, 6.45) is -0.0550. The zero-order valence-corrected chi connectivity index (χ0v) is 15.6. The van der Waals surface area contributed by atoms with Crippen molar-refractivity contribution >= 4 is 34.5 Å². The minimum atomic E-state index is -0.560. The average Bonchev–Trinajstić information content (AvgIpc) is 3.25. The lowest BCUT2D eigenvalue weighted by molar-refractivity contribution is 0.0667. The van der Waals surface area contributed by atoms with Gasteiger partial charge in [0.05, 0.1) is 23.6 Å². The third-order valence-corrected chi connectivity index (χ3v) is 5.78. The normalized spacial score (nSPS) is 19.6. The van der Waals surface area contributed by atoms with E-state index >= 15 is 0 Å². The molecule has 2 aromatic heterocycles. The quantitative estimate of drug-likeness (QED) is 0.717. The first kappa shape index (κ1) is 17.0. The van der Waals surface area contributed by atoms with Crippen LogP contribution < -0.4 is 0 Å². The Bertz CT molecular complexity index is 897. The Morgan fingerprint density at radius 2 is 2.24 bits per heavy atom. The summed E-state index contributed by atoms with van der Waals surface area (Å²) in [6.45, 7) is 0.420. The van der Waals surface area contributed by atoms with E-state index in [1.807, 2.05) is 35.5 Å². The number of nitrogens with zero attached hydrogens (tertiary/aromatic N) is 3. The Labute approximate surface area is 158 Å². The van der Waals surface area contributed by atoms with Crippen LogP contribution in [0.25, 0.3) is 10.7 Å². The molecule has 1 aliphatic carbocycles. The number of thiophene rings is 1. The third kappa shape index (κ3) is 3.20. The Morgan fingerprint density at radius 1 is 1.40 bits per heavy atom. The van der Waals surface area contributed by atoms with Gasteiger partial charge in [0.2, 0.25) is 11.7 Å². The third-order valence-electron chi connectivity index (χ3n) is 4.36. The molecule has 2 heterocycles. The molecule has 0 spiro atoms. The van der Waals surface area contributed by atoms with Gasteiger partial charge in [-0.1, -0.05) is 34.4 Å². The number of likely N-dealkylation sites (N-methyl/N-ethyl adjacent to an activating group) is 1. The highest BCUT2D eigenvalue weighted by Gasteiger charge is 2.36. The van der Waals surface area contributed by atoms with Gasteiger partial charge in [0.1, 0.15) is 0 Å². The highest BCUT2D eigenvalue weighted by Crippen LogP contribution is 2.41. The van der Waals surface area contributed by atoms with E-state index in [1.54, 1.807) is 17.4 Å². The summed E-state index contributed by atoms with van der Waals surface area (Å²) < 4.78 is 5.36. The van der Waals surface area contributed by atoms with Crippen LogP contribution in [-0.2, 0) is 13.0 Å². The fraction of sp³-hybridized carbons (Fsp3) is 0.294. The molecule has 0 fully saturated rings. The van der Waals surface area contributed by atoms with Gasteiger partial charge in [-0.2, -0.15) is 4.98 Å². The molecule has 0 aliphatic heterocycles. The summed E-state index contributed by atoms with van der Waals surface area (Å²) in [4.78, 5) is 7.38. The number of aliphatic hydroxyl groups excluding tert-OH is 1. The van der Waals surface area contributed by atoms with E-state index in [0.717, 1.165) is 16.0 Å². The Hall–Kier alpha value is -1.44. The van der Waals surface area contributed by atoms with Gasteiger partial charge >= 0.3 is 0 Å². The molecule has 25 heavy (non-hydrogen) atoms. The monoisotopic (exact) mass is 395 g/mol. The molecule has 1 N–H and O–H groups in total. The van der Waals surface area contributed by atoms with Crippen molar-refractivity contribution in [3.05, 3.63) is 56.7 Å². The van der Waals surface area contributed by atoms with Gasteiger partial charge in [-0.15, -0.1) is 11.3 Å². The van der Waals surface area contributed by atoms with Crippen LogP contribution >= 0.6 is 34.5 Å². The molecule has 5 nitrogen and oxygen atoms in total. The van der Waals surface area contributed by atoms with Crippen molar-refractivity contribution in [2.75, 3.05) is 7.05 Å². The van der Waals surface area contributed by atoms with Crippen molar-refractivity contribution in [1.29, 1.82) is 0 Å². The first-order valence-corrected chi connectivity index (χ1v) is 9.39. The maximum atomic E-state index is 10.5. The molecule has 0 saturated carbocycles. The maximum absolute atomic E-state index is 10.5. The van der Waals surface area contributed by atoms with Gasteiger partial charge in [-0.05, 0) is 41.8 Å². The fourth-order valence-corrected chi connectivity index (χ4v) is 4.53. The second kappa shape index (κ2) is 6.70. The highest BCUT2D eigenvalue weighted by molar-refractivity contribution is 7.13. The van der Waals surface area contributed by atoms with Crippen LogP contribution in [0.15, 0.2) is 34.2 Å². The second-order valence-electron chi connectivity index (χ2n) is 6.08. The second-order valence-corrected chi connectivity index (χ2v) is 7.87. The number of rotatable bonds is 4. The summed E-state index contributed by atoms with van der Waals surface area (Å²) in [5, 5.41) is 17.7. The lowest BCUT2D eigenvalue weighted by Gasteiger charge is -2.26. The van der Waals surface area contributed by atoms with E-state index in [9.17, 15) is 5.11 Å². The number of hydrogen-bond acceptors (Lipinski definition) is 6. The molecule has 0 bridgehead atoms. The molecular weight excluding hydrogens is 381 g/mol. The molecule has 8 heteroatoms. The standard InChI is InChI=1S/C17H15Cl2N3O2S/c1-22(8-15-20-17(21-24-15)14-3-2-4-25-14)16-11-5-9(18)6-12(19)10(11)7-13(16)23/h2-6,13,16,23H,7-8H2,1H3/t13-,16-/m0/s1. The lowest BCUT2D eigenvalue weighted by atomic mass is 10.1. The van der Waals surface area contributed by atoms with Crippen LogP contribution in [0, 0.1) is 0 Å². The van der Waals surface area contributed by atoms with Gasteiger partial charge in [-0.25, -0.2) is 0 Å². The smallest absolute Gasteiger partial charge is 0.241 e. The van der Waals surface area contributed by atoms with Gasteiger partial charge in [0.15, 0.2) is 0 Å². The van der Waals surface area contributed by atoms with Gasteiger partial charge in [0, 0.05) is 16.5 Å². The van der Waals surface area contributed by atoms with Crippen LogP contribution in [0.4, 0.5) is 0 Å².